The Kier molecular flexibility index (Phi) is 6.39. The van der Waals surface area contributed by atoms with Crippen molar-refractivity contribution in [3.05, 3.63) is 0 Å². The molecule has 0 aromatic carbocycles. The molecule has 0 aliphatic rings. The summed E-state index contributed by atoms with van der Waals surface area (Å²) in [6.45, 7) is 7.30. The molecule has 0 fully saturated rings. The van der Waals surface area contributed by atoms with E-state index in [9.17, 15) is 5.11 Å². The zero-order valence-electron chi connectivity index (χ0n) is 8.60. The lowest BCUT2D eigenvalue weighted by atomic mass is 10.1. The molecule has 0 aromatic rings. The maximum Gasteiger partial charge on any atom is 0.0613 e. The quantitative estimate of drug-likeness (QED) is 0.600. The Labute approximate surface area is 75.9 Å². The van der Waals surface area contributed by atoms with Crippen molar-refractivity contribution >= 4 is 0 Å². The molecule has 0 unspecified atom stereocenters. The number of aliphatic hydroxyl groups is 1. The Morgan fingerprint density at radius 2 is 1.83 bits per heavy atom. The van der Waals surface area contributed by atoms with Crippen molar-refractivity contribution in [2.75, 3.05) is 13.2 Å². The number of unbranched alkanes of at least 4 members (excludes halogenated alkanes) is 2. The molecule has 0 heterocycles. The third kappa shape index (κ3) is 9.92. The first-order valence-corrected chi connectivity index (χ1v) is 4.86. The molecule has 0 saturated heterocycles. The van der Waals surface area contributed by atoms with E-state index in [0.29, 0.717) is 6.61 Å². The molecular formula is C10H22O2. The fraction of sp³-hybridized carbons (Fsp3) is 1.00. The molecule has 0 spiro atoms. The fourth-order valence-corrected chi connectivity index (χ4v) is 0.878. The van der Waals surface area contributed by atoms with Crippen LogP contribution in [0.1, 0.15) is 46.5 Å². The average Bonchev–Trinajstić information content (AvgIpc) is 1.94. The van der Waals surface area contributed by atoms with Crippen molar-refractivity contribution < 1.29 is 9.84 Å². The van der Waals surface area contributed by atoms with E-state index in [-0.39, 0.29) is 0 Å². The van der Waals surface area contributed by atoms with Crippen LogP contribution in [0.25, 0.3) is 0 Å². The minimum atomic E-state index is -0.579. The maximum atomic E-state index is 9.34. The van der Waals surface area contributed by atoms with Gasteiger partial charge in [-0.2, -0.15) is 0 Å². The molecule has 0 aliphatic carbocycles. The summed E-state index contributed by atoms with van der Waals surface area (Å²) in [4.78, 5) is 0. The Bertz CT molecular complexity index is 94.5. The van der Waals surface area contributed by atoms with Crippen molar-refractivity contribution in [2.24, 2.45) is 0 Å². The van der Waals surface area contributed by atoms with Crippen molar-refractivity contribution in [1.29, 1.82) is 0 Å². The molecule has 2 heteroatoms. The van der Waals surface area contributed by atoms with Crippen LogP contribution >= 0.6 is 0 Å². The van der Waals surface area contributed by atoms with Gasteiger partial charge in [-0.05, 0) is 26.7 Å². The van der Waals surface area contributed by atoms with E-state index in [1.165, 1.54) is 12.8 Å². The summed E-state index contributed by atoms with van der Waals surface area (Å²) < 4.78 is 5.35. The van der Waals surface area contributed by atoms with E-state index >= 15 is 0 Å². The molecule has 74 valence electrons. The second kappa shape index (κ2) is 6.44. The van der Waals surface area contributed by atoms with E-state index < -0.39 is 5.60 Å². The second-order valence-corrected chi connectivity index (χ2v) is 3.88. The standard InChI is InChI=1S/C10H22O2/c1-4-5-6-8-12-9-7-10(2,3)11/h11H,4-9H2,1-3H3. The summed E-state index contributed by atoms with van der Waals surface area (Å²) in [5.41, 5.74) is -0.579. The highest BCUT2D eigenvalue weighted by atomic mass is 16.5. The van der Waals surface area contributed by atoms with Crippen LogP contribution in [0.15, 0.2) is 0 Å². The molecule has 12 heavy (non-hydrogen) atoms. The van der Waals surface area contributed by atoms with Gasteiger partial charge in [-0.3, -0.25) is 0 Å². The van der Waals surface area contributed by atoms with Crippen LogP contribution in [0.2, 0.25) is 0 Å². The molecule has 0 bridgehead atoms. The fourth-order valence-electron chi connectivity index (χ4n) is 0.878. The summed E-state index contributed by atoms with van der Waals surface area (Å²) in [6, 6.07) is 0. The number of hydrogen-bond acceptors (Lipinski definition) is 2. The zero-order chi connectivity index (χ0) is 9.45. The molecule has 0 aromatic heterocycles. The minimum absolute atomic E-state index is 0.579. The molecule has 1 N–H and O–H groups in total. The van der Waals surface area contributed by atoms with Gasteiger partial charge in [-0.1, -0.05) is 19.8 Å². The predicted octanol–water partition coefficient (Wildman–Crippen LogP) is 2.35. The van der Waals surface area contributed by atoms with Gasteiger partial charge in [0, 0.05) is 13.2 Å². The Morgan fingerprint density at radius 3 is 2.33 bits per heavy atom. The molecule has 0 amide bonds. The van der Waals surface area contributed by atoms with Gasteiger partial charge in [0.15, 0.2) is 0 Å². The van der Waals surface area contributed by atoms with Gasteiger partial charge < -0.3 is 9.84 Å². The van der Waals surface area contributed by atoms with Crippen LogP contribution in [-0.2, 0) is 4.74 Å². The third-order valence-corrected chi connectivity index (χ3v) is 1.75. The Balaban J connectivity index is 3.01. The van der Waals surface area contributed by atoms with E-state index in [1.807, 2.05) is 13.8 Å². The summed E-state index contributed by atoms with van der Waals surface area (Å²) in [7, 11) is 0. The smallest absolute Gasteiger partial charge is 0.0613 e. The molecule has 0 atom stereocenters. The first kappa shape index (κ1) is 11.9. The summed E-state index contributed by atoms with van der Waals surface area (Å²) >= 11 is 0. The summed E-state index contributed by atoms with van der Waals surface area (Å²) in [6.07, 6.45) is 4.33. The van der Waals surface area contributed by atoms with Gasteiger partial charge >= 0.3 is 0 Å². The molecule has 0 saturated carbocycles. The molecule has 0 radical (unpaired) electrons. The maximum absolute atomic E-state index is 9.34. The summed E-state index contributed by atoms with van der Waals surface area (Å²) in [5, 5.41) is 9.34. The second-order valence-electron chi connectivity index (χ2n) is 3.88. The van der Waals surface area contributed by atoms with Gasteiger partial charge in [0.05, 0.1) is 5.60 Å². The van der Waals surface area contributed by atoms with Crippen LogP contribution in [0, 0.1) is 0 Å². The molecule has 0 rings (SSSR count). The highest BCUT2D eigenvalue weighted by Crippen LogP contribution is 2.06. The van der Waals surface area contributed by atoms with Crippen molar-refractivity contribution in [3.8, 4) is 0 Å². The van der Waals surface area contributed by atoms with E-state index in [2.05, 4.69) is 6.92 Å². The molecule has 0 aliphatic heterocycles. The molecule has 2 nitrogen and oxygen atoms in total. The first-order chi connectivity index (χ1) is 5.56. The first-order valence-electron chi connectivity index (χ1n) is 4.86. The van der Waals surface area contributed by atoms with Gasteiger partial charge in [-0.15, -0.1) is 0 Å². The van der Waals surface area contributed by atoms with Gasteiger partial charge in [-0.25, -0.2) is 0 Å². The molecular weight excluding hydrogens is 152 g/mol. The lowest BCUT2D eigenvalue weighted by molar-refractivity contribution is 0.0276. The Morgan fingerprint density at radius 1 is 1.17 bits per heavy atom. The van der Waals surface area contributed by atoms with Crippen LogP contribution in [0.4, 0.5) is 0 Å². The highest BCUT2D eigenvalue weighted by molar-refractivity contribution is 4.63. The number of hydrogen-bond donors (Lipinski definition) is 1. The van der Waals surface area contributed by atoms with Crippen LogP contribution < -0.4 is 0 Å². The minimum Gasteiger partial charge on any atom is -0.390 e. The van der Waals surface area contributed by atoms with Gasteiger partial charge in [0.25, 0.3) is 0 Å². The van der Waals surface area contributed by atoms with Crippen LogP contribution in [0.3, 0.4) is 0 Å². The Hall–Kier alpha value is -0.0800. The van der Waals surface area contributed by atoms with Gasteiger partial charge in [0.1, 0.15) is 0 Å². The van der Waals surface area contributed by atoms with Crippen molar-refractivity contribution in [1.82, 2.24) is 0 Å². The van der Waals surface area contributed by atoms with E-state index in [1.54, 1.807) is 0 Å². The van der Waals surface area contributed by atoms with E-state index in [0.717, 1.165) is 19.4 Å². The van der Waals surface area contributed by atoms with E-state index in [4.69, 9.17) is 4.74 Å². The monoisotopic (exact) mass is 174 g/mol. The lowest BCUT2D eigenvalue weighted by Gasteiger charge is -2.16. The predicted molar refractivity (Wildman–Crippen MR) is 51.3 cm³/mol. The van der Waals surface area contributed by atoms with Crippen LogP contribution in [-0.4, -0.2) is 23.9 Å². The normalized spacial score (nSPS) is 12.0. The number of rotatable bonds is 7. The highest BCUT2D eigenvalue weighted by Gasteiger charge is 2.10. The van der Waals surface area contributed by atoms with Crippen LogP contribution in [0.5, 0.6) is 0 Å². The summed E-state index contributed by atoms with van der Waals surface area (Å²) in [5.74, 6) is 0. The SMILES string of the molecule is CCCCCOCCC(C)(C)O. The van der Waals surface area contributed by atoms with Crippen molar-refractivity contribution in [3.63, 3.8) is 0 Å². The lowest BCUT2D eigenvalue weighted by Crippen LogP contribution is -2.21. The zero-order valence-corrected chi connectivity index (χ0v) is 8.60. The van der Waals surface area contributed by atoms with Gasteiger partial charge in [0.2, 0.25) is 0 Å². The third-order valence-electron chi connectivity index (χ3n) is 1.75. The van der Waals surface area contributed by atoms with Crippen molar-refractivity contribution in [2.45, 2.75) is 52.1 Å². The largest absolute Gasteiger partial charge is 0.390 e. The number of ether oxygens (including phenoxy) is 1. The topological polar surface area (TPSA) is 29.5 Å². The average molecular weight is 174 g/mol.